The number of anilines is 2. The number of urea groups is 1. The minimum atomic E-state index is -0.330. The van der Waals surface area contributed by atoms with Crippen LogP contribution in [0.2, 0.25) is 20.1 Å². The average molecular weight is 854 g/mol. The largest absolute Gasteiger partial charge is 0.332 e. The molecule has 1 heterocycles. The van der Waals surface area contributed by atoms with Crippen molar-refractivity contribution < 1.29 is 14.4 Å². The third kappa shape index (κ3) is 8.05. The standard InChI is InChI=1S/C18H13BrCl2N2O2.C17H15BrCl2N2O/c19-11-2-3-15-10(5-11)1-4-16(15)22-9-17(24)23(18(22)25)14-7-12(20)6-13(21)8-14;18-11-2-3-15-10(5-11)1-4-16(15)21-9-17(23)22-14-7-12(19)6-13(20)8-14/h2-3,5-8,16H,1,4,9H2;2-3,5-8,16,21H,1,4,9H2,(H,22,23). The van der Waals surface area contributed by atoms with Crippen LogP contribution in [0.1, 0.15) is 47.2 Å². The fraction of sp³-hybridized carbons (Fsp3) is 0.229. The van der Waals surface area contributed by atoms with Gasteiger partial charge in [-0.2, -0.15) is 0 Å². The van der Waals surface area contributed by atoms with Gasteiger partial charge in [-0.25, -0.2) is 9.69 Å². The smallest absolute Gasteiger partial charge is 0.325 e. The summed E-state index contributed by atoms with van der Waals surface area (Å²) < 4.78 is 2.11. The van der Waals surface area contributed by atoms with E-state index >= 15 is 0 Å². The van der Waals surface area contributed by atoms with Crippen molar-refractivity contribution in [2.75, 3.05) is 23.3 Å². The van der Waals surface area contributed by atoms with E-state index in [0.29, 0.717) is 31.5 Å². The van der Waals surface area contributed by atoms with Crippen molar-refractivity contribution in [2.24, 2.45) is 0 Å². The molecule has 1 saturated heterocycles. The third-order valence-electron chi connectivity index (χ3n) is 8.46. The highest BCUT2D eigenvalue weighted by Crippen LogP contribution is 2.40. The van der Waals surface area contributed by atoms with Crippen molar-refractivity contribution in [3.8, 4) is 0 Å². The van der Waals surface area contributed by atoms with E-state index in [-0.39, 0.29) is 43.0 Å². The molecule has 48 heavy (non-hydrogen) atoms. The van der Waals surface area contributed by atoms with Gasteiger partial charge in [0.05, 0.1) is 18.3 Å². The molecule has 4 aromatic rings. The lowest BCUT2D eigenvalue weighted by molar-refractivity contribution is -0.117. The fourth-order valence-corrected chi connectivity index (χ4v) is 8.28. The zero-order chi connectivity index (χ0) is 34.1. The molecule has 2 aliphatic carbocycles. The molecule has 1 aliphatic heterocycles. The predicted molar refractivity (Wildman–Crippen MR) is 200 cm³/mol. The zero-order valence-corrected chi connectivity index (χ0v) is 31.4. The van der Waals surface area contributed by atoms with Gasteiger partial charge in [-0.3, -0.25) is 9.59 Å². The summed E-state index contributed by atoms with van der Waals surface area (Å²) in [4.78, 5) is 40.3. The maximum Gasteiger partial charge on any atom is 0.332 e. The Balaban J connectivity index is 0.000000168. The summed E-state index contributed by atoms with van der Waals surface area (Å²) in [7, 11) is 0. The van der Waals surface area contributed by atoms with Crippen molar-refractivity contribution in [3.63, 3.8) is 0 Å². The maximum absolute atomic E-state index is 12.9. The fourth-order valence-electron chi connectivity index (χ4n) is 6.42. The van der Waals surface area contributed by atoms with E-state index in [1.807, 2.05) is 18.2 Å². The molecular weight excluding hydrogens is 826 g/mol. The van der Waals surface area contributed by atoms with Crippen LogP contribution in [0.25, 0.3) is 0 Å². The second kappa shape index (κ2) is 15.1. The maximum atomic E-state index is 12.9. The zero-order valence-electron chi connectivity index (χ0n) is 25.2. The van der Waals surface area contributed by atoms with E-state index in [2.05, 4.69) is 60.7 Å². The Morgan fingerprint density at radius 3 is 1.96 bits per heavy atom. The van der Waals surface area contributed by atoms with Gasteiger partial charge in [0, 0.05) is 40.8 Å². The monoisotopic (exact) mass is 850 g/mol. The molecular formula is C35H28Br2Cl4N4O3. The minimum absolute atomic E-state index is 0.0587. The first-order valence-corrected chi connectivity index (χ1v) is 18.2. The second-order valence-electron chi connectivity index (χ2n) is 11.7. The van der Waals surface area contributed by atoms with Crippen LogP contribution >= 0.6 is 78.3 Å². The van der Waals surface area contributed by atoms with Crippen LogP contribution in [0.15, 0.2) is 81.7 Å². The second-order valence-corrected chi connectivity index (χ2v) is 15.3. The Kier molecular flexibility index (Phi) is 11.1. The number of nitrogens with one attached hydrogen (secondary N) is 2. The van der Waals surface area contributed by atoms with Crippen LogP contribution in [0.3, 0.4) is 0 Å². The average Bonchev–Trinajstić information content (AvgIpc) is 3.69. The van der Waals surface area contributed by atoms with Gasteiger partial charge in [0.25, 0.3) is 5.91 Å². The van der Waals surface area contributed by atoms with E-state index < -0.39 is 0 Å². The predicted octanol–water partition coefficient (Wildman–Crippen LogP) is 10.2. The van der Waals surface area contributed by atoms with Crippen LogP contribution in [0.5, 0.6) is 0 Å². The number of rotatable bonds is 6. The highest BCUT2D eigenvalue weighted by atomic mass is 79.9. The number of halogens is 6. The molecule has 2 unspecified atom stereocenters. The molecule has 3 aliphatic rings. The first-order valence-electron chi connectivity index (χ1n) is 15.1. The van der Waals surface area contributed by atoms with Crippen molar-refractivity contribution >= 4 is 107 Å². The number of hydrogen-bond acceptors (Lipinski definition) is 4. The molecule has 0 saturated carbocycles. The molecule has 13 heteroatoms. The SMILES string of the molecule is O=C(CNC1CCc2cc(Br)ccc21)Nc1cc(Cl)cc(Cl)c1.O=C1CN(C2CCc3cc(Br)ccc32)C(=O)N1c1cc(Cl)cc(Cl)c1. The normalized spacial score (nSPS) is 18.0. The molecule has 0 bridgehead atoms. The number of nitrogens with zero attached hydrogens (tertiary/aromatic N) is 2. The van der Waals surface area contributed by atoms with Gasteiger partial charge in [0.1, 0.15) is 6.54 Å². The molecule has 4 amide bonds. The summed E-state index contributed by atoms with van der Waals surface area (Å²) in [5.41, 5.74) is 5.93. The van der Waals surface area contributed by atoms with E-state index in [1.165, 1.54) is 16.7 Å². The van der Waals surface area contributed by atoms with Gasteiger partial charge in [-0.05, 0) is 109 Å². The Labute approximate surface area is 315 Å². The number of benzene rings is 4. The summed E-state index contributed by atoms with van der Waals surface area (Å²) in [5.74, 6) is -0.386. The topological polar surface area (TPSA) is 81.8 Å². The number of fused-ring (bicyclic) bond motifs is 2. The number of imide groups is 1. The van der Waals surface area contributed by atoms with Crippen molar-refractivity contribution in [3.05, 3.63) is 124 Å². The number of aryl methyl sites for hydroxylation is 2. The van der Waals surface area contributed by atoms with Gasteiger partial charge in [0.15, 0.2) is 0 Å². The van der Waals surface area contributed by atoms with Crippen LogP contribution in [-0.2, 0) is 22.4 Å². The minimum Gasteiger partial charge on any atom is -0.325 e. The van der Waals surface area contributed by atoms with Crippen molar-refractivity contribution in [1.82, 2.24) is 10.2 Å². The first kappa shape index (κ1) is 35.2. The van der Waals surface area contributed by atoms with Crippen molar-refractivity contribution in [2.45, 2.75) is 37.8 Å². The highest BCUT2D eigenvalue weighted by molar-refractivity contribution is 9.10. The molecule has 7 nitrogen and oxygen atoms in total. The van der Waals surface area contributed by atoms with Gasteiger partial charge in [-0.15, -0.1) is 0 Å². The number of hydrogen-bond donors (Lipinski definition) is 2. The molecule has 7 rings (SSSR count). The summed E-state index contributed by atoms with van der Waals surface area (Å²) in [6.07, 6.45) is 3.73. The number of carbonyl (C=O) groups is 3. The Morgan fingerprint density at radius 2 is 1.31 bits per heavy atom. The quantitative estimate of drug-likeness (QED) is 0.189. The highest BCUT2D eigenvalue weighted by Gasteiger charge is 2.43. The molecule has 0 aromatic heterocycles. The van der Waals surface area contributed by atoms with Gasteiger partial charge >= 0.3 is 6.03 Å². The van der Waals surface area contributed by atoms with Crippen LogP contribution in [-0.4, -0.2) is 35.8 Å². The van der Waals surface area contributed by atoms with Crippen molar-refractivity contribution in [1.29, 1.82) is 0 Å². The summed E-state index contributed by atoms with van der Waals surface area (Å²) in [6, 6.07) is 21.9. The molecule has 2 N–H and O–H groups in total. The van der Waals surface area contributed by atoms with E-state index in [9.17, 15) is 14.4 Å². The number of amides is 4. The summed E-state index contributed by atoms with van der Waals surface area (Å²) in [6.45, 7) is 0.299. The Bertz CT molecular complexity index is 1890. The van der Waals surface area contributed by atoms with Crippen LogP contribution < -0.4 is 15.5 Å². The number of carbonyl (C=O) groups excluding carboxylic acids is 3. The summed E-state index contributed by atoms with van der Waals surface area (Å²) in [5, 5.41) is 7.88. The van der Waals surface area contributed by atoms with Gasteiger partial charge in [0.2, 0.25) is 5.91 Å². The van der Waals surface area contributed by atoms with Gasteiger partial charge in [-0.1, -0.05) is 90.4 Å². The molecule has 4 aromatic carbocycles. The van der Waals surface area contributed by atoms with E-state index in [1.54, 1.807) is 41.3 Å². The third-order valence-corrected chi connectivity index (χ3v) is 10.3. The summed E-state index contributed by atoms with van der Waals surface area (Å²) >= 11 is 30.9. The molecule has 0 spiro atoms. The lowest BCUT2D eigenvalue weighted by Gasteiger charge is -2.24. The Hall–Kier alpha value is -2.63. The molecule has 248 valence electrons. The van der Waals surface area contributed by atoms with Crippen LogP contribution in [0.4, 0.5) is 16.2 Å². The van der Waals surface area contributed by atoms with Crippen LogP contribution in [0, 0.1) is 0 Å². The first-order chi connectivity index (χ1) is 22.9. The van der Waals surface area contributed by atoms with Gasteiger partial charge < -0.3 is 15.5 Å². The van der Waals surface area contributed by atoms with E-state index in [4.69, 9.17) is 46.4 Å². The van der Waals surface area contributed by atoms with E-state index in [0.717, 1.165) is 45.1 Å². The lowest BCUT2D eigenvalue weighted by atomic mass is 10.1. The molecule has 1 fully saturated rings. The molecule has 2 atom stereocenters. The molecule has 0 radical (unpaired) electrons. The Morgan fingerprint density at radius 1 is 0.750 bits per heavy atom. The lowest BCUT2D eigenvalue weighted by Crippen LogP contribution is -2.34.